The Morgan fingerprint density at radius 1 is 1.50 bits per heavy atom. The van der Waals surface area contributed by atoms with E-state index >= 15 is 0 Å². The fourth-order valence-corrected chi connectivity index (χ4v) is 3.57. The summed E-state index contributed by atoms with van der Waals surface area (Å²) in [6.07, 6.45) is 6.40. The van der Waals surface area contributed by atoms with Gasteiger partial charge in [0.05, 0.1) is 6.04 Å². The van der Waals surface area contributed by atoms with Gasteiger partial charge in [0.15, 0.2) is 5.84 Å². The molecule has 2 aliphatic carbocycles. The van der Waals surface area contributed by atoms with Crippen LogP contribution in [0.3, 0.4) is 0 Å². The maximum absolute atomic E-state index is 12.0. The SMILES string of the molecule is CCC(NC(=O)CC1CC2CCC1C2)/C(N)=N/O. The van der Waals surface area contributed by atoms with Crippen LogP contribution >= 0.6 is 0 Å². The van der Waals surface area contributed by atoms with Crippen LogP contribution in [0.15, 0.2) is 5.16 Å². The van der Waals surface area contributed by atoms with Gasteiger partial charge >= 0.3 is 0 Å². The van der Waals surface area contributed by atoms with Crippen LogP contribution in [0.5, 0.6) is 0 Å². The number of hydrogen-bond donors (Lipinski definition) is 3. The molecule has 18 heavy (non-hydrogen) atoms. The molecule has 0 saturated heterocycles. The summed E-state index contributed by atoms with van der Waals surface area (Å²) in [6.45, 7) is 1.90. The molecule has 0 aromatic carbocycles. The van der Waals surface area contributed by atoms with E-state index in [1.54, 1.807) is 0 Å². The van der Waals surface area contributed by atoms with Gasteiger partial charge in [-0.05, 0) is 43.4 Å². The van der Waals surface area contributed by atoms with Crippen LogP contribution in [0.25, 0.3) is 0 Å². The second kappa shape index (κ2) is 5.59. The highest BCUT2D eigenvalue weighted by molar-refractivity contribution is 5.89. The van der Waals surface area contributed by atoms with E-state index < -0.39 is 0 Å². The molecule has 2 fully saturated rings. The Hall–Kier alpha value is -1.26. The van der Waals surface area contributed by atoms with Crippen molar-refractivity contribution in [2.75, 3.05) is 0 Å². The first-order chi connectivity index (χ1) is 8.63. The number of rotatable bonds is 5. The molecule has 4 atom stereocenters. The van der Waals surface area contributed by atoms with Gasteiger partial charge in [0, 0.05) is 6.42 Å². The average Bonchev–Trinajstić information content (AvgIpc) is 2.97. The van der Waals surface area contributed by atoms with E-state index in [1.807, 2.05) is 6.92 Å². The molecule has 0 aromatic rings. The normalized spacial score (nSPS) is 32.5. The summed E-state index contributed by atoms with van der Waals surface area (Å²) in [5, 5.41) is 14.4. The zero-order valence-electron chi connectivity index (χ0n) is 10.9. The number of amides is 1. The van der Waals surface area contributed by atoms with Gasteiger partial charge in [-0.15, -0.1) is 0 Å². The number of nitrogens with two attached hydrogens (primary N) is 1. The summed E-state index contributed by atoms with van der Waals surface area (Å²) in [5.41, 5.74) is 5.53. The molecular formula is C13H23N3O2. The van der Waals surface area contributed by atoms with Gasteiger partial charge < -0.3 is 16.3 Å². The number of carbonyl (C=O) groups is 1. The third-order valence-electron chi connectivity index (χ3n) is 4.55. The van der Waals surface area contributed by atoms with E-state index in [0.29, 0.717) is 18.8 Å². The zero-order chi connectivity index (χ0) is 13.1. The minimum atomic E-state index is -0.346. The first-order valence-electron chi connectivity index (χ1n) is 6.90. The highest BCUT2D eigenvalue weighted by Gasteiger charge is 2.40. The van der Waals surface area contributed by atoms with Gasteiger partial charge in [-0.25, -0.2) is 0 Å². The number of nitrogens with one attached hydrogen (secondary N) is 1. The Labute approximate surface area is 108 Å². The summed E-state index contributed by atoms with van der Waals surface area (Å²) in [7, 11) is 0. The molecule has 102 valence electrons. The first-order valence-corrected chi connectivity index (χ1v) is 6.90. The van der Waals surface area contributed by atoms with Gasteiger partial charge in [-0.1, -0.05) is 18.5 Å². The molecule has 1 amide bonds. The molecule has 0 heterocycles. The maximum atomic E-state index is 12.0. The third kappa shape index (κ3) is 2.76. The highest BCUT2D eigenvalue weighted by Crippen LogP contribution is 2.49. The lowest BCUT2D eigenvalue weighted by molar-refractivity contribution is -0.122. The van der Waals surface area contributed by atoms with Crippen molar-refractivity contribution in [2.24, 2.45) is 28.6 Å². The number of carbonyl (C=O) groups excluding carboxylic acids is 1. The molecule has 2 bridgehead atoms. The quantitative estimate of drug-likeness (QED) is 0.300. The monoisotopic (exact) mass is 253 g/mol. The van der Waals surface area contributed by atoms with Crippen molar-refractivity contribution in [1.29, 1.82) is 0 Å². The van der Waals surface area contributed by atoms with Crippen molar-refractivity contribution in [3.8, 4) is 0 Å². The molecule has 0 radical (unpaired) electrons. The molecule has 2 saturated carbocycles. The molecule has 4 unspecified atom stereocenters. The third-order valence-corrected chi connectivity index (χ3v) is 4.55. The van der Waals surface area contributed by atoms with E-state index in [2.05, 4.69) is 10.5 Å². The second-order valence-electron chi connectivity index (χ2n) is 5.69. The van der Waals surface area contributed by atoms with E-state index in [0.717, 1.165) is 11.8 Å². The second-order valence-corrected chi connectivity index (χ2v) is 5.69. The minimum absolute atomic E-state index is 0.0333. The minimum Gasteiger partial charge on any atom is -0.409 e. The van der Waals surface area contributed by atoms with Crippen LogP contribution < -0.4 is 11.1 Å². The lowest BCUT2D eigenvalue weighted by atomic mass is 9.86. The molecule has 0 aliphatic heterocycles. The largest absolute Gasteiger partial charge is 0.409 e. The van der Waals surface area contributed by atoms with Crippen molar-refractivity contribution >= 4 is 11.7 Å². The summed E-state index contributed by atoms with van der Waals surface area (Å²) < 4.78 is 0. The van der Waals surface area contributed by atoms with E-state index in [9.17, 15) is 4.79 Å². The van der Waals surface area contributed by atoms with Crippen LogP contribution in [-0.4, -0.2) is 23.0 Å². The van der Waals surface area contributed by atoms with Crippen LogP contribution in [0.4, 0.5) is 0 Å². The van der Waals surface area contributed by atoms with Gasteiger partial charge in [0.25, 0.3) is 0 Å². The molecule has 2 aliphatic rings. The van der Waals surface area contributed by atoms with Gasteiger partial charge in [0.2, 0.25) is 5.91 Å². The number of oxime groups is 1. The summed E-state index contributed by atoms with van der Waals surface area (Å²) in [5.74, 6) is 2.28. The topological polar surface area (TPSA) is 87.7 Å². The molecule has 0 spiro atoms. The van der Waals surface area contributed by atoms with Crippen LogP contribution in [-0.2, 0) is 4.79 Å². The van der Waals surface area contributed by atoms with Crippen LogP contribution in [0, 0.1) is 17.8 Å². The van der Waals surface area contributed by atoms with Crippen molar-refractivity contribution < 1.29 is 10.0 Å². The Morgan fingerprint density at radius 2 is 2.28 bits per heavy atom. The fourth-order valence-electron chi connectivity index (χ4n) is 3.57. The summed E-state index contributed by atoms with van der Waals surface area (Å²) in [6, 6.07) is -0.346. The fraction of sp³-hybridized carbons (Fsp3) is 0.846. The number of amidine groups is 1. The Balaban J connectivity index is 1.81. The molecule has 4 N–H and O–H groups in total. The smallest absolute Gasteiger partial charge is 0.220 e. The highest BCUT2D eigenvalue weighted by atomic mass is 16.4. The van der Waals surface area contributed by atoms with E-state index in [-0.39, 0.29) is 17.8 Å². The molecule has 5 heteroatoms. The zero-order valence-corrected chi connectivity index (χ0v) is 10.9. The number of nitrogens with zero attached hydrogens (tertiary/aromatic N) is 1. The standard InChI is InChI=1S/C13H23N3O2/c1-2-11(13(14)16-18)15-12(17)7-10-6-8-3-4-9(10)5-8/h8-11,18H,2-7H2,1H3,(H2,14,16)(H,15,17). The Morgan fingerprint density at radius 3 is 2.78 bits per heavy atom. The Kier molecular flexibility index (Phi) is 4.09. The maximum Gasteiger partial charge on any atom is 0.220 e. The van der Waals surface area contributed by atoms with Crippen LogP contribution in [0.1, 0.15) is 45.4 Å². The van der Waals surface area contributed by atoms with Crippen molar-refractivity contribution in [3.63, 3.8) is 0 Å². The summed E-state index contributed by atoms with van der Waals surface area (Å²) in [4.78, 5) is 12.0. The summed E-state index contributed by atoms with van der Waals surface area (Å²) >= 11 is 0. The lowest BCUT2D eigenvalue weighted by Crippen LogP contribution is -2.44. The van der Waals surface area contributed by atoms with Crippen molar-refractivity contribution in [1.82, 2.24) is 5.32 Å². The predicted octanol–water partition coefficient (Wildman–Crippen LogP) is 1.45. The van der Waals surface area contributed by atoms with Crippen molar-refractivity contribution in [3.05, 3.63) is 0 Å². The van der Waals surface area contributed by atoms with E-state index in [4.69, 9.17) is 10.9 Å². The predicted molar refractivity (Wildman–Crippen MR) is 69.2 cm³/mol. The number of fused-ring (bicyclic) bond motifs is 2. The van der Waals surface area contributed by atoms with Crippen molar-refractivity contribution in [2.45, 2.75) is 51.5 Å². The van der Waals surface area contributed by atoms with Crippen LogP contribution in [0.2, 0.25) is 0 Å². The van der Waals surface area contributed by atoms with Gasteiger partial charge in [-0.3, -0.25) is 4.79 Å². The average molecular weight is 253 g/mol. The Bertz CT molecular complexity index is 343. The van der Waals surface area contributed by atoms with E-state index in [1.165, 1.54) is 25.7 Å². The molecule has 0 aromatic heterocycles. The van der Waals surface area contributed by atoms with Gasteiger partial charge in [-0.2, -0.15) is 0 Å². The lowest BCUT2D eigenvalue weighted by Gasteiger charge is -2.22. The van der Waals surface area contributed by atoms with Gasteiger partial charge in [0.1, 0.15) is 0 Å². The number of hydrogen-bond acceptors (Lipinski definition) is 3. The molecular weight excluding hydrogens is 230 g/mol. The molecule has 2 rings (SSSR count). The first kappa shape index (κ1) is 13.2. The molecule has 5 nitrogen and oxygen atoms in total.